The summed E-state index contributed by atoms with van der Waals surface area (Å²) in [5.74, 6) is -0.103. The van der Waals surface area contributed by atoms with Crippen molar-refractivity contribution in [2.75, 3.05) is 5.32 Å². The molecule has 0 bridgehead atoms. The van der Waals surface area contributed by atoms with Crippen molar-refractivity contribution in [1.29, 1.82) is 0 Å². The molecule has 2 rings (SSSR count). The number of nitrogens with one attached hydrogen (secondary N) is 1. The van der Waals surface area contributed by atoms with Crippen LogP contribution in [0.5, 0.6) is 0 Å². The molecule has 0 aliphatic carbocycles. The maximum absolute atomic E-state index is 12.3. The molecule has 0 spiro atoms. The molecule has 0 unspecified atom stereocenters. The van der Waals surface area contributed by atoms with Crippen molar-refractivity contribution in [3.05, 3.63) is 57.3 Å². The molecular weight excluding hydrogens is 304 g/mol. The minimum absolute atomic E-state index is 0.103. The molecule has 1 heterocycles. The number of carbonyl (C=O) groups is 1. The lowest BCUT2D eigenvalue weighted by Crippen LogP contribution is -2.15. The van der Waals surface area contributed by atoms with Crippen molar-refractivity contribution in [3.8, 4) is 0 Å². The molecule has 98 valence electrons. The second kappa shape index (κ2) is 5.53. The number of hydrogen-bond donors (Lipinski definition) is 1. The highest BCUT2D eigenvalue weighted by Crippen LogP contribution is 2.19. The van der Waals surface area contributed by atoms with Crippen molar-refractivity contribution < 1.29 is 4.79 Å². The Morgan fingerprint density at radius 2 is 1.89 bits per heavy atom. The fourth-order valence-corrected chi connectivity index (χ4v) is 2.25. The molecule has 2 aromatic rings. The zero-order valence-electron chi connectivity index (χ0n) is 11.1. The van der Waals surface area contributed by atoms with Crippen molar-refractivity contribution in [2.45, 2.75) is 20.8 Å². The Morgan fingerprint density at radius 3 is 2.58 bits per heavy atom. The zero-order chi connectivity index (χ0) is 14.0. The normalized spacial score (nSPS) is 10.3. The van der Waals surface area contributed by atoms with Gasteiger partial charge in [0.05, 0.1) is 11.4 Å². The van der Waals surface area contributed by atoms with Crippen LogP contribution in [0.1, 0.15) is 27.2 Å². The van der Waals surface area contributed by atoms with E-state index in [1.165, 1.54) is 0 Å². The highest BCUT2D eigenvalue weighted by molar-refractivity contribution is 9.10. The van der Waals surface area contributed by atoms with E-state index in [-0.39, 0.29) is 5.91 Å². The third-order valence-corrected chi connectivity index (χ3v) is 3.59. The van der Waals surface area contributed by atoms with E-state index in [4.69, 9.17) is 0 Å². The molecule has 1 aromatic carbocycles. The number of amides is 1. The van der Waals surface area contributed by atoms with Gasteiger partial charge in [-0.2, -0.15) is 0 Å². The van der Waals surface area contributed by atoms with Gasteiger partial charge in [0.2, 0.25) is 0 Å². The number of hydrogen-bond acceptors (Lipinski definition) is 2. The lowest BCUT2D eigenvalue weighted by atomic mass is 10.0. The second-order valence-corrected chi connectivity index (χ2v) is 5.28. The third kappa shape index (κ3) is 3.01. The predicted molar refractivity (Wildman–Crippen MR) is 80.5 cm³/mol. The summed E-state index contributed by atoms with van der Waals surface area (Å²) in [6.45, 7) is 5.82. The Hall–Kier alpha value is -1.68. The van der Waals surface area contributed by atoms with Crippen molar-refractivity contribution in [3.63, 3.8) is 0 Å². The van der Waals surface area contributed by atoms with Crippen molar-refractivity contribution in [1.82, 2.24) is 4.98 Å². The first kappa shape index (κ1) is 13.7. The zero-order valence-corrected chi connectivity index (χ0v) is 12.7. The van der Waals surface area contributed by atoms with Gasteiger partial charge in [-0.15, -0.1) is 0 Å². The molecule has 3 nitrogen and oxygen atoms in total. The molecule has 19 heavy (non-hydrogen) atoms. The average Bonchev–Trinajstić information content (AvgIpc) is 2.36. The summed E-state index contributed by atoms with van der Waals surface area (Å²) in [5.41, 5.74) is 4.32. The molecule has 0 saturated heterocycles. The molecule has 0 saturated carbocycles. The topological polar surface area (TPSA) is 42.0 Å². The van der Waals surface area contributed by atoms with E-state index in [1.54, 1.807) is 0 Å². The fourth-order valence-electron chi connectivity index (χ4n) is 1.85. The lowest BCUT2D eigenvalue weighted by molar-refractivity contribution is 0.102. The minimum Gasteiger partial charge on any atom is -0.320 e. The van der Waals surface area contributed by atoms with E-state index < -0.39 is 0 Å². The maximum atomic E-state index is 12.3. The fraction of sp³-hybridized carbons (Fsp3) is 0.200. The molecule has 1 amide bonds. The highest BCUT2D eigenvalue weighted by Gasteiger charge is 2.11. The van der Waals surface area contributed by atoms with Crippen LogP contribution in [0.15, 0.2) is 34.9 Å². The third-order valence-electron chi connectivity index (χ3n) is 3.15. The van der Waals surface area contributed by atoms with Crippen LogP contribution in [0, 0.1) is 20.8 Å². The number of rotatable bonds is 2. The van der Waals surface area contributed by atoms with Crippen molar-refractivity contribution >= 4 is 27.5 Å². The first-order valence-electron chi connectivity index (χ1n) is 6.00. The summed E-state index contributed by atoms with van der Waals surface area (Å²) in [6, 6.07) is 9.38. The van der Waals surface area contributed by atoms with Gasteiger partial charge in [0.1, 0.15) is 4.60 Å². The van der Waals surface area contributed by atoms with Crippen LogP contribution in [0.2, 0.25) is 0 Å². The molecule has 0 atom stereocenters. The molecule has 0 fully saturated rings. The number of aryl methyl sites for hydroxylation is 2. The van der Waals surface area contributed by atoms with Gasteiger partial charge in [0.15, 0.2) is 0 Å². The number of halogens is 1. The number of carbonyl (C=O) groups excluding carboxylic acids is 1. The van der Waals surface area contributed by atoms with Gasteiger partial charge in [0.25, 0.3) is 5.91 Å². The van der Waals surface area contributed by atoms with Crippen LogP contribution >= 0.6 is 15.9 Å². The Balaban J connectivity index is 2.28. The Kier molecular flexibility index (Phi) is 4.00. The number of pyridine rings is 1. The van der Waals surface area contributed by atoms with Gasteiger partial charge in [-0.1, -0.05) is 12.1 Å². The maximum Gasteiger partial charge on any atom is 0.255 e. The van der Waals surface area contributed by atoms with E-state index in [2.05, 4.69) is 26.2 Å². The summed E-state index contributed by atoms with van der Waals surface area (Å²) in [6.07, 6.45) is 0. The van der Waals surface area contributed by atoms with Crippen LogP contribution in [0.25, 0.3) is 0 Å². The largest absolute Gasteiger partial charge is 0.320 e. The SMILES string of the molecule is Cc1cccc(C(=O)Nc2ccc(Br)nc2C)c1C. The summed E-state index contributed by atoms with van der Waals surface area (Å²) >= 11 is 3.30. The molecular formula is C15H15BrN2O. The first-order valence-corrected chi connectivity index (χ1v) is 6.79. The minimum atomic E-state index is -0.103. The lowest BCUT2D eigenvalue weighted by Gasteiger charge is -2.11. The summed E-state index contributed by atoms with van der Waals surface area (Å²) in [4.78, 5) is 16.5. The highest BCUT2D eigenvalue weighted by atomic mass is 79.9. The molecule has 0 aliphatic rings. The molecule has 0 aliphatic heterocycles. The number of aromatic nitrogens is 1. The molecule has 1 aromatic heterocycles. The van der Waals surface area contributed by atoms with Gasteiger partial charge in [-0.25, -0.2) is 4.98 Å². The van der Waals surface area contributed by atoms with Crippen LogP contribution in [-0.2, 0) is 0 Å². The number of anilines is 1. The van der Waals surface area contributed by atoms with E-state index in [0.29, 0.717) is 5.56 Å². The van der Waals surface area contributed by atoms with Crippen LogP contribution in [0.3, 0.4) is 0 Å². The van der Waals surface area contributed by atoms with E-state index in [9.17, 15) is 4.79 Å². The quantitative estimate of drug-likeness (QED) is 0.850. The molecule has 0 radical (unpaired) electrons. The van der Waals surface area contributed by atoms with Crippen LogP contribution in [0.4, 0.5) is 5.69 Å². The van der Waals surface area contributed by atoms with E-state index in [0.717, 1.165) is 27.1 Å². The smallest absolute Gasteiger partial charge is 0.255 e. The van der Waals surface area contributed by atoms with Crippen LogP contribution in [-0.4, -0.2) is 10.9 Å². The second-order valence-electron chi connectivity index (χ2n) is 4.47. The Bertz CT molecular complexity index is 638. The van der Waals surface area contributed by atoms with Gasteiger partial charge < -0.3 is 5.32 Å². The average molecular weight is 319 g/mol. The van der Waals surface area contributed by atoms with E-state index in [1.807, 2.05) is 51.1 Å². The molecule has 1 N–H and O–H groups in total. The van der Waals surface area contributed by atoms with Gasteiger partial charge in [0, 0.05) is 5.56 Å². The van der Waals surface area contributed by atoms with Crippen LogP contribution < -0.4 is 5.32 Å². The first-order chi connectivity index (χ1) is 8.99. The number of nitrogens with zero attached hydrogens (tertiary/aromatic N) is 1. The summed E-state index contributed by atoms with van der Waals surface area (Å²) < 4.78 is 0.759. The summed E-state index contributed by atoms with van der Waals surface area (Å²) in [7, 11) is 0. The van der Waals surface area contributed by atoms with Gasteiger partial charge in [-0.05, 0) is 66.0 Å². The van der Waals surface area contributed by atoms with Gasteiger partial charge in [-0.3, -0.25) is 4.79 Å². The molecule has 4 heteroatoms. The van der Waals surface area contributed by atoms with E-state index >= 15 is 0 Å². The predicted octanol–water partition coefficient (Wildman–Crippen LogP) is 4.02. The standard InChI is InChI=1S/C15H15BrN2O/c1-9-5-4-6-12(10(9)2)15(19)18-13-7-8-14(16)17-11(13)3/h4-8H,1-3H3,(H,18,19). The number of benzene rings is 1. The summed E-state index contributed by atoms with van der Waals surface area (Å²) in [5, 5.41) is 2.90. The Morgan fingerprint density at radius 1 is 1.16 bits per heavy atom. The van der Waals surface area contributed by atoms with Gasteiger partial charge >= 0.3 is 0 Å². The Labute approximate surface area is 121 Å². The van der Waals surface area contributed by atoms with Crippen molar-refractivity contribution in [2.24, 2.45) is 0 Å². The monoisotopic (exact) mass is 318 g/mol.